The standard InChI is InChI=1S/C16H17NO2/c1-9-5-13(6-10(2)15(9)17-19)14-7-11(3)16(18)12(4)8-14/h5-8,18H,1-4H3. The van der Waals surface area contributed by atoms with Gasteiger partial charge in [0.15, 0.2) is 0 Å². The molecule has 0 amide bonds. The van der Waals surface area contributed by atoms with Crippen molar-refractivity contribution in [3.05, 3.63) is 51.4 Å². The molecule has 19 heavy (non-hydrogen) atoms. The summed E-state index contributed by atoms with van der Waals surface area (Å²) in [5, 5.41) is 12.9. The molecule has 0 bridgehead atoms. The number of hydrogen-bond acceptors (Lipinski definition) is 3. The Balaban J connectivity index is 2.63. The lowest BCUT2D eigenvalue weighted by molar-refractivity contribution is 0.467. The predicted molar refractivity (Wildman–Crippen MR) is 77.9 cm³/mol. The van der Waals surface area contributed by atoms with E-state index in [-0.39, 0.29) is 0 Å². The van der Waals surface area contributed by atoms with Crippen molar-refractivity contribution in [1.82, 2.24) is 0 Å². The minimum absolute atomic E-state index is 0.336. The Morgan fingerprint density at radius 3 is 1.53 bits per heavy atom. The molecule has 0 aliphatic heterocycles. The van der Waals surface area contributed by atoms with Crippen molar-refractivity contribution >= 4 is 5.69 Å². The minimum Gasteiger partial charge on any atom is -0.507 e. The van der Waals surface area contributed by atoms with Crippen LogP contribution in [0.15, 0.2) is 29.4 Å². The zero-order valence-corrected chi connectivity index (χ0v) is 11.6. The number of nitroso groups, excluding NO2 is 1. The van der Waals surface area contributed by atoms with Crippen molar-refractivity contribution in [3.8, 4) is 16.9 Å². The third-order valence-corrected chi connectivity index (χ3v) is 3.41. The molecular formula is C16H17NO2. The summed E-state index contributed by atoms with van der Waals surface area (Å²) in [6, 6.07) is 7.80. The molecule has 98 valence electrons. The molecule has 0 aromatic heterocycles. The van der Waals surface area contributed by atoms with Crippen molar-refractivity contribution < 1.29 is 5.11 Å². The van der Waals surface area contributed by atoms with Crippen LogP contribution in [-0.2, 0) is 0 Å². The average molecular weight is 255 g/mol. The molecule has 0 saturated heterocycles. The zero-order chi connectivity index (χ0) is 14.2. The SMILES string of the molecule is Cc1cc(-c2cc(C)c(N=O)c(C)c2)cc(C)c1O. The Hall–Kier alpha value is -2.16. The van der Waals surface area contributed by atoms with Crippen molar-refractivity contribution in [2.45, 2.75) is 27.7 Å². The van der Waals surface area contributed by atoms with Gasteiger partial charge in [-0.2, -0.15) is 0 Å². The number of phenolic OH excluding ortho intramolecular Hbond substituents is 1. The van der Waals surface area contributed by atoms with E-state index in [0.29, 0.717) is 11.4 Å². The van der Waals surface area contributed by atoms with Crippen LogP contribution in [0.2, 0.25) is 0 Å². The third kappa shape index (κ3) is 2.36. The summed E-state index contributed by atoms with van der Waals surface area (Å²) >= 11 is 0. The molecule has 2 rings (SSSR count). The monoisotopic (exact) mass is 255 g/mol. The molecule has 0 spiro atoms. The van der Waals surface area contributed by atoms with E-state index >= 15 is 0 Å². The molecule has 2 aromatic rings. The molecule has 1 N–H and O–H groups in total. The fraction of sp³-hybridized carbons (Fsp3) is 0.250. The van der Waals surface area contributed by atoms with Crippen LogP contribution >= 0.6 is 0 Å². The van der Waals surface area contributed by atoms with Gasteiger partial charge in [-0.25, -0.2) is 0 Å². The molecule has 0 aliphatic carbocycles. The van der Waals surface area contributed by atoms with Crippen molar-refractivity contribution in [2.75, 3.05) is 0 Å². The summed E-state index contributed by atoms with van der Waals surface area (Å²) in [4.78, 5) is 10.8. The van der Waals surface area contributed by atoms with E-state index in [1.54, 1.807) is 0 Å². The quantitative estimate of drug-likeness (QED) is 0.791. The number of aryl methyl sites for hydroxylation is 4. The summed E-state index contributed by atoms with van der Waals surface area (Å²) in [5.74, 6) is 0.336. The van der Waals surface area contributed by atoms with Crippen molar-refractivity contribution in [1.29, 1.82) is 0 Å². The van der Waals surface area contributed by atoms with E-state index in [1.807, 2.05) is 52.0 Å². The van der Waals surface area contributed by atoms with Gasteiger partial charge in [0.2, 0.25) is 0 Å². The molecule has 0 atom stereocenters. The van der Waals surface area contributed by atoms with Gasteiger partial charge in [0, 0.05) is 0 Å². The Labute approximate surface area is 112 Å². The molecule has 0 radical (unpaired) electrons. The molecule has 3 nitrogen and oxygen atoms in total. The van der Waals surface area contributed by atoms with Crippen LogP contribution < -0.4 is 0 Å². The first-order valence-electron chi connectivity index (χ1n) is 6.19. The van der Waals surface area contributed by atoms with Gasteiger partial charge in [-0.15, -0.1) is 4.91 Å². The Bertz CT molecular complexity index is 614. The Morgan fingerprint density at radius 2 is 1.16 bits per heavy atom. The average Bonchev–Trinajstić information content (AvgIpc) is 2.35. The van der Waals surface area contributed by atoms with E-state index < -0.39 is 0 Å². The van der Waals surface area contributed by atoms with E-state index in [2.05, 4.69) is 5.18 Å². The molecule has 0 heterocycles. The van der Waals surface area contributed by atoms with E-state index in [0.717, 1.165) is 33.4 Å². The Kier molecular flexibility index (Phi) is 3.38. The van der Waals surface area contributed by atoms with Gasteiger partial charge < -0.3 is 5.11 Å². The second kappa shape index (κ2) is 4.84. The summed E-state index contributed by atoms with van der Waals surface area (Å²) in [5.41, 5.74) is 6.02. The second-order valence-corrected chi connectivity index (χ2v) is 5.01. The highest BCUT2D eigenvalue weighted by Crippen LogP contribution is 2.33. The van der Waals surface area contributed by atoms with E-state index in [1.165, 1.54) is 0 Å². The number of rotatable bonds is 2. The second-order valence-electron chi connectivity index (χ2n) is 5.01. The molecule has 0 saturated carbocycles. The number of nitrogens with zero attached hydrogens (tertiary/aromatic N) is 1. The predicted octanol–water partition coefficient (Wildman–Crippen LogP) is 4.69. The van der Waals surface area contributed by atoms with Gasteiger partial charge in [0.25, 0.3) is 0 Å². The highest BCUT2D eigenvalue weighted by molar-refractivity contribution is 5.72. The van der Waals surface area contributed by atoms with Gasteiger partial charge >= 0.3 is 0 Å². The molecular weight excluding hydrogens is 238 g/mol. The summed E-state index contributed by atoms with van der Waals surface area (Å²) in [7, 11) is 0. The lowest BCUT2D eigenvalue weighted by Gasteiger charge is -2.11. The number of aromatic hydroxyl groups is 1. The van der Waals surface area contributed by atoms with E-state index in [4.69, 9.17) is 0 Å². The van der Waals surface area contributed by atoms with Crippen LogP contribution in [0.3, 0.4) is 0 Å². The Morgan fingerprint density at radius 1 is 0.789 bits per heavy atom. The maximum absolute atomic E-state index is 10.8. The third-order valence-electron chi connectivity index (χ3n) is 3.41. The van der Waals surface area contributed by atoms with Gasteiger partial charge in [0.1, 0.15) is 11.4 Å². The lowest BCUT2D eigenvalue weighted by atomic mass is 9.96. The minimum atomic E-state index is 0.336. The van der Waals surface area contributed by atoms with Crippen LogP contribution in [0.1, 0.15) is 22.3 Å². The van der Waals surface area contributed by atoms with Gasteiger partial charge in [-0.1, -0.05) is 0 Å². The first-order chi connectivity index (χ1) is 8.93. The molecule has 0 aliphatic rings. The maximum atomic E-state index is 10.8. The van der Waals surface area contributed by atoms with Gasteiger partial charge in [-0.05, 0) is 90.5 Å². The largest absolute Gasteiger partial charge is 0.507 e. The van der Waals surface area contributed by atoms with Crippen LogP contribution in [0.5, 0.6) is 5.75 Å². The molecule has 3 heteroatoms. The zero-order valence-electron chi connectivity index (χ0n) is 11.6. The lowest BCUT2D eigenvalue weighted by Crippen LogP contribution is -1.88. The highest BCUT2D eigenvalue weighted by atomic mass is 16.3. The van der Waals surface area contributed by atoms with Gasteiger partial charge in [0.05, 0.1) is 0 Å². The smallest absolute Gasteiger partial charge is 0.121 e. The van der Waals surface area contributed by atoms with Crippen molar-refractivity contribution in [3.63, 3.8) is 0 Å². The maximum Gasteiger partial charge on any atom is 0.121 e. The van der Waals surface area contributed by atoms with E-state index in [9.17, 15) is 10.0 Å². The molecule has 0 fully saturated rings. The summed E-state index contributed by atoms with van der Waals surface area (Å²) < 4.78 is 0. The summed E-state index contributed by atoms with van der Waals surface area (Å²) in [6.45, 7) is 7.53. The van der Waals surface area contributed by atoms with Crippen LogP contribution in [-0.4, -0.2) is 5.11 Å². The molecule has 2 aromatic carbocycles. The van der Waals surface area contributed by atoms with Crippen LogP contribution in [0, 0.1) is 32.6 Å². The topological polar surface area (TPSA) is 49.7 Å². The van der Waals surface area contributed by atoms with Crippen molar-refractivity contribution in [2.24, 2.45) is 5.18 Å². The number of hydrogen-bond donors (Lipinski definition) is 1. The number of benzene rings is 2. The first-order valence-corrected chi connectivity index (χ1v) is 6.19. The fourth-order valence-corrected chi connectivity index (χ4v) is 2.39. The van der Waals surface area contributed by atoms with Gasteiger partial charge in [-0.3, -0.25) is 0 Å². The van der Waals surface area contributed by atoms with Crippen LogP contribution in [0.4, 0.5) is 5.69 Å². The normalized spacial score (nSPS) is 10.5. The fourth-order valence-electron chi connectivity index (χ4n) is 2.39. The first kappa shape index (κ1) is 13.3. The molecule has 0 unspecified atom stereocenters. The van der Waals surface area contributed by atoms with Crippen LogP contribution in [0.25, 0.3) is 11.1 Å². The summed E-state index contributed by atoms with van der Waals surface area (Å²) in [6.07, 6.45) is 0. The highest BCUT2D eigenvalue weighted by Gasteiger charge is 2.09. The number of phenols is 1.